The van der Waals surface area contributed by atoms with Crippen molar-refractivity contribution in [2.75, 3.05) is 11.9 Å². The van der Waals surface area contributed by atoms with E-state index in [-0.39, 0.29) is 11.0 Å². The Bertz CT molecular complexity index is 1300. The molecule has 2 aromatic heterocycles. The van der Waals surface area contributed by atoms with Crippen LogP contribution in [0.2, 0.25) is 0 Å². The molecular formula is C24H21BrN4O3S. The fourth-order valence-corrected chi connectivity index (χ4v) is 3.54. The lowest BCUT2D eigenvalue weighted by molar-refractivity contribution is 0.0977. The lowest BCUT2D eigenvalue weighted by Crippen LogP contribution is -2.34. The van der Waals surface area contributed by atoms with Crippen LogP contribution in [-0.4, -0.2) is 27.6 Å². The van der Waals surface area contributed by atoms with E-state index in [1.165, 1.54) is 0 Å². The van der Waals surface area contributed by atoms with Gasteiger partial charge in [0.2, 0.25) is 5.89 Å². The van der Waals surface area contributed by atoms with Gasteiger partial charge in [-0.05, 0) is 82.6 Å². The quantitative estimate of drug-likeness (QED) is 0.307. The van der Waals surface area contributed by atoms with Crippen LogP contribution in [0.5, 0.6) is 5.75 Å². The van der Waals surface area contributed by atoms with Gasteiger partial charge in [0.25, 0.3) is 5.91 Å². The van der Waals surface area contributed by atoms with Gasteiger partial charge < -0.3 is 14.5 Å². The normalized spacial score (nSPS) is 10.9. The van der Waals surface area contributed by atoms with Crippen molar-refractivity contribution in [3.05, 3.63) is 71.0 Å². The minimum absolute atomic E-state index is 0.180. The highest BCUT2D eigenvalue weighted by atomic mass is 79.9. The minimum atomic E-state index is -0.310. The average molecular weight is 525 g/mol. The van der Waals surface area contributed by atoms with Gasteiger partial charge in [-0.1, -0.05) is 13.8 Å². The van der Waals surface area contributed by atoms with Crippen LogP contribution < -0.4 is 15.4 Å². The van der Waals surface area contributed by atoms with E-state index in [2.05, 4.69) is 50.4 Å². The second kappa shape index (κ2) is 10.1. The number of thiocarbonyl (C=S) groups is 1. The number of nitrogens with one attached hydrogen (secondary N) is 2. The molecule has 0 aliphatic rings. The number of rotatable bonds is 6. The van der Waals surface area contributed by atoms with E-state index in [1.54, 1.807) is 54.9 Å². The molecule has 0 aliphatic heterocycles. The molecule has 1 amide bonds. The van der Waals surface area contributed by atoms with Gasteiger partial charge in [0.15, 0.2) is 10.7 Å². The smallest absolute Gasteiger partial charge is 0.257 e. The Hall–Kier alpha value is -3.30. The molecule has 2 heterocycles. The van der Waals surface area contributed by atoms with Gasteiger partial charge in [-0.3, -0.25) is 15.1 Å². The van der Waals surface area contributed by atoms with Crippen LogP contribution in [0.15, 0.2) is 69.8 Å². The summed E-state index contributed by atoms with van der Waals surface area (Å²) in [6, 6.07) is 14.2. The first-order chi connectivity index (χ1) is 15.9. The Morgan fingerprint density at radius 3 is 2.67 bits per heavy atom. The number of ether oxygens (including phenoxy) is 1. The molecular weight excluding hydrogens is 504 g/mol. The summed E-state index contributed by atoms with van der Waals surface area (Å²) in [5.74, 6) is 1.30. The van der Waals surface area contributed by atoms with Crippen LogP contribution in [0.1, 0.15) is 24.2 Å². The van der Waals surface area contributed by atoms with Crippen LogP contribution in [-0.2, 0) is 0 Å². The predicted octanol–water partition coefficient (Wildman–Crippen LogP) is 5.81. The lowest BCUT2D eigenvalue weighted by Gasteiger charge is -2.11. The second-order valence-electron chi connectivity index (χ2n) is 7.73. The molecule has 0 fully saturated rings. The number of halogens is 1. The molecule has 33 heavy (non-hydrogen) atoms. The summed E-state index contributed by atoms with van der Waals surface area (Å²) in [5, 5.41) is 5.87. The molecule has 0 saturated carbocycles. The number of benzene rings is 2. The predicted molar refractivity (Wildman–Crippen MR) is 135 cm³/mol. The third-order valence-electron chi connectivity index (χ3n) is 4.52. The molecule has 0 saturated heterocycles. The summed E-state index contributed by atoms with van der Waals surface area (Å²) in [6.45, 7) is 4.78. The maximum Gasteiger partial charge on any atom is 0.257 e. The maximum absolute atomic E-state index is 12.5. The molecule has 2 aromatic carbocycles. The summed E-state index contributed by atoms with van der Waals surface area (Å²) in [5.41, 5.74) is 3.21. The standard InChI is InChI=1S/C24H21BrN4O3S/c1-14(2)13-31-19-6-3-15(4-7-19)22(30)29-24(33)27-18-5-8-21-20(10-18)28-23(32-21)16-9-17(25)12-26-11-16/h3-12,14H,13H2,1-2H3,(H2,27,29,30,33). The number of oxazole rings is 1. The molecule has 7 nitrogen and oxygen atoms in total. The number of carbonyl (C=O) groups is 1. The van der Waals surface area contributed by atoms with Crippen molar-refractivity contribution in [3.63, 3.8) is 0 Å². The Morgan fingerprint density at radius 1 is 1.15 bits per heavy atom. The van der Waals surface area contributed by atoms with Gasteiger partial charge in [0.05, 0.1) is 12.2 Å². The molecule has 9 heteroatoms. The van der Waals surface area contributed by atoms with E-state index in [0.717, 1.165) is 15.8 Å². The highest BCUT2D eigenvalue weighted by molar-refractivity contribution is 9.10. The minimum Gasteiger partial charge on any atom is -0.493 e. The second-order valence-corrected chi connectivity index (χ2v) is 9.05. The van der Waals surface area contributed by atoms with Crippen LogP contribution in [0.3, 0.4) is 0 Å². The number of hydrogen-bond donors (Lipinski definition) is 2. The monoisotopic (exact) mass is 524 g/mol. The van der Waals surface area contributed by atoms with Crippen LogP contribution in [0, 0.1) is 5.92 Å². The van der Waals surface area contributed by atoms with E-state index in [1.807, 2.05) is 6.07 Å². The molecule has 2 N–H and O–H groups in total. The Morgan fingerprint density at radius 2 is 1.94 bits per heavy atom. The van der Waals surface area contributed by atoms with E-state index in [0.29, 0.717) is 40.8 Å². The van der Waals surface area contributed by atoms with Gasteiger partial charge in [-0.25, -0.2) is 4.98 Å². The number of carbonyl (C=O) groups excluding carboxylic acids is 1. The molecule has 0 atom stereocenters. The lowest BCUT2D eigenvalue weighted by atomic mass is 10.2. The van der Waals surface area contributed by atoms with Gasteiger partial charge in [0.1, 0.15) is 11.3 Å². The number of anilines is 1. The number of aromatic nitrogens is 2. The van der Waals surface area contributed by atoms with Crippen LogP contribution >= 0.6 is 28.1 Å². The molecule has 0 unspecified atom stereocenters. The molecule has 0 aliphatic carbocycles. The van der Waals surface area contributed by atoms with Crippen molar-refractivity contribution in [2.45, 2.75) is 13.8 Å². The largest absolute Gasteiger partial charge is 0.493 e. The first-order valence-electron chi connectivity index (χ1n) is 10.2. The Kier molecular flexibility index (Phi) is 7.00. The van der Waals surface area contributed by atoms with E-state index in [4.69, 9.17) is 21.4 Å². The number of hydrogen-bond acceptors (Lipinski definition) is 6. The van der Waals surface area contributed by atoms with E-state index in [9.17, 15) is 4.79 Å². The fourth-order valence-electron chi connectivity index (χ4n) is 2.96. The van der Waals surface area contributed by atoms with Gasteiger partial charge in [-0.15, -0.1) is 0 Å². The van der Waals surface area contributed by atoms with E-state index >= 15 is 0 Å². The number of fused-ring (bicyclic) bond motifs is 1. The van der Waals surface area contributed by atoms with Crippen LogP contribution in [0.4, 0.5) is 5.69 Å². The molecule has 168 valence electrons. The Labute approximate surface area is 204 Å². The maximum atomic E-state index is 12.5. The van der Waals surface area contributed by atoms with Crippen molar-refractivity contribution in [2.24, 2.45) is 5.92 Å². The summed E-state index contributed by atoms with van der Waals surface area (Å²) >= 11 is 8.70. The fraction of sp³-hybridized carbons (Fsp3) is 0.167. The van der Waals surface area contributed by atoms with E-state index < -0.39 is 0 Å². The first-order valence-corrected chi connectivity index (χ1v) is 11.4. The van der Waals surface area contributed by atoms with Crippen molar-refractivity contribution in [3.8, 4) is 17.2 Å². The van der Waals surface area contributed by atoms with Crippen LogP contribution in [0.25, 0.3) is 22.6 Å². The number of pyridine rings is 1. The van der Waals surface area contributed by atoms with Crippen molar-refractivity contribution in [1.82, 2.24) is 15.3 Å². The summed E-state index contributed by atoms with van der Waals surface area (Å²) < 4.78 is 12.3. The summed E-state index contributed by atoms with van der Waals surface area (Å²) in [6.07, 6.45) is 3.38. The third-order valence-corrected chi connectivity index (χ3v) is 5.16. The van der Waals surface area contributed by atoms with Gasteiger partial charge >= 0.3 is 0 Å². The third kappa shape index (κ3) is 5.94. The molecule has 0 radical (unpaired) electrons. The topological polar surface area (TPSA) is 89.3 Å². The zero-order chi connectivity index (χ0) is 23.4. The van der Waals surface area contributed by atoms with Gasteiger partial charge in [0, 0.05) is 28.1 Å². The van der Waals surface area contributed by atoms with Gasteiger partial charge in [-0.2, -0.15) is 0 Å². The first kappa shape index (κ1) is 22.9. The zero-order valence-electron chi connectivity index (χ0n) is 18.0. The van der Waals surface area contributed by atoms with Crippen molar-refractivity contribution in [1.29, 1.82) is 0 Å². The SMILES string of the molecule is CC(C)COc1ccc(C(=O)NC(=S)Nc2ccc3oc(-c4cncc(Br)c4)nc3c2)cc1. The molecule has 4 aromatic rings. The average Bonchev–Trinajstić information content (AvgIpc) is 3.21. The number of amides is 1. The Balaban J connectivity index is 1.39. The molecule has 0 bridgehead atoms. The number of nitrogens with zero attached hydrogens (tertiary/aromatic N) is 2. The van der Waals surface area contributed by atoms with Crippen molar-refractivity contribution < 1.29 is 13.9 Å². The summed E-state index contributed by atoms with van der Waals surface area (Å²) in [4.78, 5) is 21.2. The van der Waals surface area contributed by atoms with Crippen molar-refractivity contribution >= 4 is 56.0 Å². The highest BCUT2D eigenvalue weighted by Gasteiger charge is 2.12. The molecule has 4 rings (SSSR count). The highest BCUT2D eigenvalue weighted by Crippen LogP contribution is 2.27. The molecule has 0 spiro atoms. The summed E-state index contributed by atoms with van der Waals surface area (Å²) in [7, 11) is 0. The zero-order valence-corrected chi connectivity index (χ0v) is 20.4.